The first-order chi connectivity index (χ1) is 7.49. The lowest BCUT2D eigenvalue weighted by molar-refractivity contribution is -0.149. The number of rotatable bonds is 8. The zero-order valence-electron chi connectivity index (χ0n) is 8.11. The van der Waals surface area contributed by atoms with Crippen molar-refractivity contribution in [2.75, 3.05) is 13.2 Å². The van der Waals surface area contributed by atoms with Gasteiger partial charge in [-0.1, -0.05) is 0 Å². The molecule has 0 aromatic carbocycles. The van der Waals surface area contributed by atoms with Crippen LogP contribution in [0.2, 0.25) is 0 Å². The maximum atomic E-state index is 11.0. The van der Waals surface area contributed by atoms with Crippen molar-refractivity contribution < 1.29 is 34.8 Å². The SMILES string of the molecule is O=C(O)C(O)SSC(O)C(=O)OCCCO. The quantitative estimate of drug-likeness (QED) is 0.191. The average molecular weight is 272 g/mol. The monoisotopic (exact) mass is 272 g/mol. The first-order valence-corrected chi connectivity index (χ1v) is 6.45. The Labute approximate surface area is 99.2 Å². The first kappa shape index (κ1) is 15.5. The molecule has 94 valence electrons. The Balaban J connectivity index is 3.74. The number of carbonyl (C=O) groups excluding carboxylic acids is 1. The van der Waals surface area contributed by atoms with Gasteiger partial charge in [-0.3, -0.25) is 0 Å². The minimum Gasteiger partial charge on any atom is -0.479 e. The summed E-state index contributed by atoms with van der Waals surface area (Å²) in [6.45, 7) is -0.165. The van der Waals surface area contributed by atoms with E-state index in [1.54, 1.807) is 0 Å². The molecule has 9 heteroatoms. The number of aliphatic carboxylic acids is 1. The summed E-state index contributed by atoms with van der Waals surface area (Å²) in [5.41, 5.74) is -3.29. The maximum Gasteiger partial charge on any atom is 0.346 e. The molecule has 4 N–H and O–H groups in total. The molecule has 0 aliphatic carbocycles. The third-order valence-electron chi connectivity index (χ3n) is 1.20. The summed E-state index contributed by atoms with van der Waals surface area (Å²) >= 11 is 0. The summed E-state index contributed by atoms with van der Waals surface area (Å²) in [4.78, 5) is 21.2. The van der Waals surface area contributed by atoms with Crippen molar-refractivity contribution in [3.63, 3.8) is 0 Å². The lowest BCUT2D eigenvalue weighted by Gasteiger charge is -2.10. The van der Waals surface area contributed by atoms with Gasteiger partial charge in [0.25, 0.3) is 0 Å². The Hall–Kier alpha value is -0.480. The molecule has 0 heterocycles. The summed E-state index contributed by atoms with van der Waals surface area (Å²) < 4.78 is 4.52. The molecule has 0 aliphatic rings. The number of hydrogen-bond donors (Lipinski definition) is 4. The zero-order chi connectivity index (χ0) is 12.6. The van der Waals surface area contributed by atoms with E-state index in [4.69, 9.17) is 20.4 Å². The van der Waals surface area contributed by atoms with Gasteiger partial charge in [0.15, 0.2) is 0 Å². The Morgan fingerprint density at radius 2 is 1.75 bits per heavy atom. The van der Waals surface area contributed by atoms with Gasteiger partial charge in [-0.25, -0.2) is 9.59 Å². The predicted octanol–water partition coefficient (Wildman–Crippen LogP) is -0.985. The third-order valence-corrected chi connectivity index (χ3v) is 3.49. The predicted molar refractivity (Wildman–Crippen MR) is 57.5 cm³/mol. The van der Waals surface area contributed by atoms with Crippen LogP contribution < -0.4 is 0 Å². The van der Waals surface area contributed by atoms with Crippen molar-refractivity contribution in [3.05, 3.63) is 0 Å². The van der Waals surface area contributed by atoms with E-state index in [1.165, 1.54) is 0 Å². The van der Waals surface area contributed by atoms with Crippen LogP contribution in [-0.2, 0) is 14.3 Å². The Morgan fingerprint density at radius 3 is 2.25 bits per heavy atom. The summed E-state index contributed by atoms with van der Waals surface area (Å²) in [6, 6.07) is 0. The second-order valence-electron chi connectivity index (χ2n) is 2.48. The van der Waals surface area contributed by atoms with E-state index < -0.39 is 22.8 Å². The summed E-state index contributed by atoms with van der Waals surface area (Å²) in [5, 5.41) is 34.7. The molecule has 7 nitrogen and oxygen atoms in total. The minimum absolute atomic E-state index is 0.0287. The summed E-state index contributed by atoms with van der Waals surface area (Å²) in [6.07, 6.45) is 0.258. The topological polar surface area (TPSA) is 124 Å². The molecule has 0 spiro atoms. The fourth-order valence-corrected chi connectivity index (χ4v) is 2.05. The van der Waals surface area contributed by atoms with Crippen LogP contribution >= 0.6 is 21.6 Å². The summed E-state index contributed by atoms with van der Waals surface area (Å²) in [7, 11) is 0.916. The summed E-state index contributed by atoms with van der Waals surface area (Å²) in [5.74, 6) is -2.40. The molecule has 0 fully saturated rings. The van der Waals surface area contributed by atoms with Gasteiger partial charge in [-0.05, 0) is 21.6 Å². The molecule has 0 aromatic heterocycles. The molecule has 2 unspecified atom stereocenters. The molecule has 0 saturated heterocycles. The Kier molecular flexibility index (Phi) is 8.39. The van der Waals surface area contributed by atoms with Gasteiger partial charge in [0, 0.05) is 13.0 Å². The number of aliphatic hydroxyl groups is 3. The normalized spacial score (nSPS) is 14.2. The van der Waals surface area contributed by atoms with E-state index in [0.717, 1.165) is 0 Å². The number of esters is 1. The molecule has 16 heavy (non-hydrogen) atoms. The van der Waals surface area contributed by atoms with Crippen LogP contribution in [0.15, 0.2) is 0 Å². The minimum atomic E-state index is -1.72. The number of carboxylic acids is 1. The average Bonchev–Trinajstić information content (AvgIpc) is 2.25. The third kappa shape index (κ3) is 6.90. The standard InChI is InChI=1S/C7H12O7S2/c8-2-1-3-14-5(11)7(13)16-15-6(12)4(9)10/h6-8,12-13H,1-3H2,(H,9,10). The number of ether oxygens (including phenoxy) is 1. The van der Waals surface area contributed by atoms with Crippen LogP contribution in [0.5, 0.6) is 0 Å². The van der Waals surface area contributed by atoms with Gasteiger partial charge >= 0.3 is 11.9 Å². The van der Waals surface area contributed by atoms with E-state index >= 15 is 0 Å². The van der Waals surface area contributed by atoms with Crippen molar-refractivity contribution in [3.8, 4) is 0 Å². The van der Waals surface area contributed by atoms with Crippen LogP contribution in [-0.4, -0.2) is 56.5 Å². The molecule has 0 bridgehead atoms. The lowest BCUT2D eigenvalue weighted by atomic mass is 10.5. The molecule has 0 radical (unpaired) electrons. The van der Waals surface area contributed by atoms with Crippen LogP contribution in [0, 0.1) is 0 Å². The van der Waals surface area contributed by atoms with Gasteiger partial charge in [-0.15, -0.1) is 0 Å². The van der Waals surface area contributed by atoms with Crippen molar-refractivity contribution in [2.24, 2.45) is 0 Å². The van der Waals surface area contributed by atoms with E-state index in [1.807, 2.05) is 0 Å². The molecule has 0 amide bonds. The van der Waals surface area contributed by atoms with Gasteiger partial charge in [-0.2, -0.15) is 0 Å². The Bertz CT molecular complexity index is 235. The molecule has 0 aromatic rings. The van der Waals surface area contributed by atoms with Gasteiger partial charge in [0.1, 0.15) is 0 Å². The van der Waals surface area contributed by atoms with Crippen LogP contribution in [0.1, 0.15) is 6.42 Å². The highest BCUT2D eigenvalue weighted by atomic mass is 33.1. The van der Waals surface area contributed by atoms with Crippen molar-refractivity contribution in [1.82, 2.24) is 0 Å². The van der Waals surface area contributed by atoms with Crippen LogP contribution in [0.25, 0.3) is 0 Å². The molecule has 0 aliphatic heterocycles. The highest BCUT2D eigenvalue weighted by molar-refractivity contribution is 8.77. The van der Waals surface area contributed by atoms with Gasteiger partial charge < -0.3 is 25.2 Å². The van der Waals surface area contributed by atoms with E-state index in [0.29, 0.717) is 21.6 Å². The molecule has 2 atom stereocenters. The first-order valence-electron chi connectivity index (χ1n) is 4.17. The number of carbonyl (C=O) groups is 2. The highest BCUT2D eigenvalue weighted by Crippen LogP contribution is 2.29. The molecule has 0 saturated carbocycles. The maximum absolute atomic E-state index is 11.0. The number of carboxylic acid groups (broad SMARTS) is 1. The fourth-order valence-electron chi connectivity index (χ4n) is 0.494. The van der Waals surface area contributed by atoms with Crippen molar-refractivity contribution in [2.45, 2.75) is 17.3 Å². The fraction of sp³-hybridized carbons (Fsp3) is 0.714. The van der Waals surface area contributed by atoms with Crippen LogP contribution in [0.4, 0.5) is 0 Å². The number of aliphatic hydroxyl groups excluding tert-OH is 3. The smallest absolute Gasteiger partial charge is 0.346 e. The van der Waals surface area contributed by atoms with E-state index in [2.05, 4.69) is 4.74 Å². The van der Waals surface area contributed by atoms with Crippen molar-refractivity contribution in [1.29, 1.82) is 0 Å². The molecular formula is C7H12O7S2. The van der Waals surface area contributed by atoms with Crippen molar-refractivity contribution >= 4 is 33.5 Å². The Morgan fingerprint density at radius 1 is 1.19 bits per heavy atom. The van der Waals surface area contributed by atoms with Gasteiger partial charge in [0.05, 0.1) is 6.61 Å². The number of hydrogen-bond acceptors (Lipinski definition) is 8. The highest BCUT2D eigenvalue weighted by Gasteiger charge is 2.22. The van der Waals surface area contributed by atoms with E-state index in [9.17, 15) is 9.59 Å². The second kappa shape index (κ2) is 8.65. The van der Waals surface area contributed by atoms with Gasteiger partial charge in [0.2, 0.25) is 10.9 Å². The zero-order valence-corrected chi connectivity index (χ0v) is 9.74. The lowest BCUT2D eigenvalue weighted by Crippen LogP contribution is -2.21. The molecule has 0 rings (SSSR count). The largest absolute Gasteiger partial charge is 0.479 e. The van der Waals surface area contributed by atoms with E-state index in [-0.39, 0.29) is 19.6 Å². The van der Waals surface area contributed by atoms with Crippen LogP contribution in [0.3, 0.4) is 0 Å². The molecular weight excluding hydrogens is 260 g/mol. The second-order valence-corrected chi connectivity index (χ2v) is 4.91.